The fraction of sp³-hybridized carbons (Fsp3) is 0.700. The second-order valence-electron chi connectivity index (χ2n) is 8.40. The molecule has 0 aromatic heterocycles. The van der Waals surface area contributed by atoms with Gasteiger partial charge >= 0.3 is 0 Å². The second kappa shape index (κ2) is 7.13. The van der Waals surface area contributed by atoms with E-state index in [4.69, 9.17) is 21.1 Å². The van der Waals surface area contributed by atoms with Crippen molar-refractivity contribution in [3.63, 3.8) is 0 Å². The Morgan fingerprint density at radius 2 is 1.75 bits per heavy atom. The molecule has 0 aliphatic carbocycles. The van der Waals surface area contributed by atoms with E-state index in [0.29, 0.717) is 44.0 Å². The topological polar surface area (TPSA) is 59.1 Å². The van der Waals surface area contributed by atoms with E-state index in [-0.39, 0.29) is 17.6 Å². The third-order valence-corrected chi connectivity index (χ3v) is 9.15. The summed E-state index contributed by atoms with van der Waals surface area (Å²) >= 11 is 6.23. The lowest BCUT2D eigenvalue weighted by Gasteiger charge is -2.53. The van der Waals surface area contributed by atoms with E-state index in [1.54, 1.807) is 8.61 Å². The van der Waals surface area contributed by atoms with Gasteiger partial charge in [-0.2, -0.15) is 17.0 Å². The number of ether oxygens (including phenoxy) is 2. The van der Waals surface area contributed by atoms with E-state index in [1.807, 2.05) is 18.2 Å². The molecule has 1 aromatic carbocycles. The molecule has 3 saturated heterocycles. The van der Waals surface area contributed by atoms with Crippen molar-refractivity contribution in [1.29, 1.82) is 0 Å². The number of fused-ring (bicyclic) bond motifs is 4. The van der Waals surface area contributed by atoms with Crippen LogP contribution in [0.3, 0.4) is 0 Å². The normalized spacial score (nSPS) is 30.6. The lowest BCUT2D eigenvalue weighted by molar-refractivity contribution is -0.145. The largest absolute Gasteiger partial charge is 0.486 e. The van der Waals surface area contributed by atoms with Crippen molar-refractivity contribution in [1.82, 2.24) is 8.61 Å². The molecule has 6 nitrogen and oxygen atoms in total. The number of halogens is 1. The number of piperidine rings is 1. The summed E-state index contributed by atoms with van der Waals surface area (Å²) in [6, 6.07) is 5.74. The van der Waals surface area contributed by atoms with Gasteiger partial charge in [0.15, 0.2) is 0 Å². The first-order valence-electron chi connectivity index (χ1n) is 10.3. The highest BCUT2D eigenvalue weighted by atomic mass is 35.5. The van der Waals surface area contributed by atoms with Crippen LogP contribution in [0.5, 0.6) is 5.75 Å². The molecule has 0 bridgehead atoms. The lowest BCUT2D eigenvalue weighted by Crippen LogP contribution is -2.58. The predicted molar refractivity (Wildman–Crippen MR) is 107 cm³/mol. The minimum absolute atomic E-state index is 0.0158. The maximum Gasteiger partial charge on any atom is 0.281 e. The van der Waals surface area contributed by atoms with Crippen LogP contribution in [0.25, 0.3) is 0 Å². The molecular formula is C20H27ClN2O4S. The van der Waals surface area contributed by atoms with Gasteiger partial charge in [0.25, 0.3) is 10.2 Å². The quantitative estimate of drug-likeness (QED) is 0.727. The van der Waals surface area contributed by atoms with E-state index in [0.717, 1.165) is 43.6 Å². The average Bonchev–Trinajstić information content (AvgIpc) is 3.25. The highest BCUT2D eigenvalue weighted by Gasteiger charge is 2.53. The van der Waals surface area contributed by atoms with Gasteiger partial charge in [0.05, 0.1) is 6.10 Å². The zero-order valence-electron chi connectivity index (χ0n) is 16.0. The first-order valence-corrected chi connectivity index (χ1v) is 12.1. The van der Waals surface area contributed by atoms with Crippen LogP contribution in [0, 0.1) is 5.92 Å². The minimum Gasteiger partial charge on any atom is -0.486 e. The van der Waals surface area contributed by atoms with Gasteiger partial charge in [0.2, 0.25) is 0 Å². The molecule has 3 fully saturated rings. The van der Waals surface area contributed by atoms with Gasteiger partial charge in [0.1, 0.15) is 11.4 Å². The molecule has 0 radical (unpaired) electrons. The maximum absolute atomic E-state index is 12.9. The van der Waals surface area contributed by atoms with Crippen LogP contribution in [0.1, 0.15) is 50.2 Å². The van der Waals surface area contributed by atoms with E-state index in [2.05, 4.69) is 0 Å². The lowest BCUT2D eigenvalue weighted by atomic mass is 9.70. The molecule has 0 unspecified atom stereocenters. The Kier molecular flexibility index (Phi) is 4.87. The first-order chi connectivity index (χ1) is 13.5. The molecule has 154 valence electrons. The molecular weight excluding hydrogens is 400 g/mol. The molecule has 4 aliphatic heterocycles. The van der Waals surface area contributed by atoms with Crippen molar-refractivity contribution in [3.05, 3.63) is 28.8 Å². The SMILES string of the molecule is O=S(=O)(N1CCCC1)N1CCC2(CC1)Oc1ccc(Cl)cc1[C@H]1OCCC[C@@H]12. The van der Waals surface area contributed by atoms with Crippen molar-refractivity contribution in [2.45, 2.75) is 50.2 Å². The number of hydrogen-bond acceptors (Lipinski definition) is 4. The van der Waals surface area contributed by atoms with Gasteiger partial charge in [-0.05, 0) is 43.9 Å². The third kappa shape index (κ3) is 3.06. The predicted octanol–water partition coefficient (Wildman–Crippen LogP) is 3.38. The molecule has 28 heavy (non-hydrogen) atoms. The summed E-state index contributed by atoms with van der Waals surface area (Å²) in [7, 11) is -3.35. The number of rotatable bonds is 2. The van der Waals surface area contributed by atoms with Gasteiger partial charge in [0, 0.05) is 62.1 Å². The van der Waals surface area contributed by atoms with E-state index < -0.39 is 10.2 Å². The number of benzene rings is 1. The van der Waals surface area contributed by atoms with Crippen LogP contribution in [0.15, 0.2) is 18.2 Å². The van der Waals surface area contributed by atoms with Crippen LogP contribution in [0.2, 0.25) is 5.02 Å². The Bertz CT molecular complexity index is 848. The van der Waals surface area contributed by atoms with Crippen molar-refractivity contribution in [3.8, 4) is 5.75 Å². The fourth-order valence-corrected chi connectivity index (χ4v) is 7.28. The molecule has 0 amide bonds. The third-order valence-electron chi connectivity index (χ3n) is 6.88. The van der Waals surface area contributed by atoms with E-state index >= 15 is 0 Å². The molecule has 0 N–H and O–H groups in total. The monoisotopic (exact) mass is 426 g/mol. The Hall–Kier alpha value is -0.860. The average molecular weight is 427 g/mol. The highest BCUT2D eigenvalue weighted by Crippen LogP contribution is 2.53. The second-order valence-corrected chi connectivity index (χ2v) is 10.8. The zero-order chi connectivity index (χ0) is 19.4. The van der Waals surface area contributed by atoms with Crippen LogP contribution in [0.4, 0.5) is 0 Å². The maximum atomic E-state index is 12.9. The molecule has 4 aliphatic rings. The molecule has 2 atom stereocenters. The summed E-state index contributed by atoms with van der Waals surface area (Å²) in [5.74, 6) is 1.08. The summed E-state index contributed by atoms with van der Waals surface area (Å²) in [5.41, 5.74) is 0.679. The van der Waals surface area contributed by atoms with Crippen molar-refractivity contribution in [2.24, 2.45) is 5.92 Å². The van der Waals surface area contributed by atoms with Gasteiger partial charge in [-0.3, -0.25) is 0 Å². The van der Waals surface area contributed by atoms with Gasteiger partial charge < -0.3 is 9.47 Å². The smallest absolute Gasteiger partial charge is 0.281 e. The minimum atomic E-state index is -3.35. The standard InChI is InChI=1S/C20H27ClN2O4S/c21-15-5-6-18-16(14-15)19-17(4-3-13-26-19)20(27-18)7-11-23(12-8-20)28(24,25)22-9-1-2-10-22/h5-6,14,17,19H,1-4,7-13H2/t17-,19+/m0/s1. The summed E-state index contributed by atoms with van der Waals surface area (Å²) in [6.07, 6.45) is 5.35. The number of nitrogens with zero attached hydrogens (tertiary/aromatic N) is 2. The van der Waals surface area contributed by atoms with Gasteiger partial charge in [-0.1, -0.05) is 11.6 Å². The molecule has 1 aromatic rings. The Balaban J connectivity index is 1.41. The summed E-state index contributed by atoms with van der Waals surface area (Å²) in [4.78, 5) is 0. The molecule has 1 spiro atoms. The van der Waals surface area contributed by atoms with Crippen LogP contribution < -0.4 is 4.74 Å². The summed E-state index contributed by atoms with van der Waals surface area (Å²) in [6.45, 7) is 3.05. The molecule has 4 heterocycles. The van der Waals surface area contributed by atoms with Crippen LogP contribution >= 0.6 is 11.6 Å². The van der Waals surface area contributed by atoms with Crippen LogP contribution in [-0.2, 0) is 14.9 Å². The van der Waals surface area contributed by atoms with Crippen molar-refractivity contribution in [2.75, 3.05) is 32.8 Å². The Morgan fingerprint density at radius 1 is 1.04 bits per heavy atom. The number of hydrogen-bond donors (Lipinski definition) is 0. The first kappa shape index (κ1) is 19.1. The highest BCUT2D eigenvalue weighted by molar-refractivity contribution is 7.86. The van der Waals surface area contributed by atoms with E-state index in [1.165, 1.54) is 0 Å². The van der Waals surface area contributed by atoms with Crippen molar-refractivity contribution >= 4 is 21.8 Å². The molecule has 5 rings (SSSR count). The Labute approximate surface area is 171 Å². The Morgan fingerprint density at radius 3 is 2.50 bits per heavy atom. The summed E-state index contributed by atoms with van der Waals surface area (Å²) < 4.78 is 42.0. The zero-order valence-corrected chi connectivity index (χ0v) is 17.6. The van der Waals surface area contributed by atoms with Crippen LogP contribution in [-0.4, -0.2) is 55.4 Å². The summed E-state index contributed by atoms with van der Waals surface area (Å²) in [5, 5.41) is 0.692. The van der Waals surface area contributed by atoms with Crippen molar-refractivity contribution < 1.29 is 17.9 Å². The molecule has 0 saturated carbocycles. The van der Waals surface area contributed by atoms with Gasteiger partial charge in [-0.15, -0.1) is 0 Å². The van der Waals surface area contributed by atoms with Gasteiger partial charge in [-0.25, -0.2) is 0 Å². The van der Waals surface area contributed by atoms with E-state index in [9.17, 15) is 8.42 Å². The fourth-order valence-electron chi connectivity index (χ4n) is 5.41. The molecule has 8 heteroatoms.